The molecule has 1 aromatic carbocycles. The van der Waals surface area contributed by atoms with Gasteiger partial charge in [0.2, 0.25) is 0 Å². The van der Waals surface area contributed by atoms with E-state index < -0.39 is 0 Å². The topological polar surface area (TPSA) is 84.2 Å². The molecule has 2 aliphatic rings. The molecule has 5 aromatic heterocycles. The molecule has 9 heteroatoms. The first-order valence-corrected chi connectivity index (χ1v) is 14.3. The number of pyridine rings is 1. The monoisotopic (exact) mass is 531 g/mol. The Kier molecular flexibility index (Phi) is 4.94. The third-order valence-electron chi connectivity index (χ3n) is 8.47. The number of benzene rings is 1. The molecule has 2 aliphatic carbocycles. The van der Waals surface area contributed by atoms with Crippen molar-refractivity contribution in [2.45, 2.75) is 57.3 Å². The molecule has 6 aromatic rings. The molecule has 8 rings (SSSR count). The maximum absolute atomic E-state index is 5.39. The molecule has 0 atom stereocenters. The lowest BCUT2D eigenvalue weighted by Crippen LogP contribution is -2.03. The molecule has 0 N–H and O–H groups in total. The maximum atomic E-state index is 5.39. The number of fused-ring (bicyclic) bond motifs is 2. The van der Waals surface area contributed by atoms with Crippen molar-refractivity contribution in [3.63, 3.8) is 0 Å². The summed E-state index contributed by atoms with van der Waals surface area (Å²) in [5.74, 6) is 3.22. The van der Waals surface area contributed by atoms with Crippen LogP contribution in [0, 0.1) is 0 Å². The number of rotatable bonds is 6. The summed E-state index contributed by atoms with van der Waals surface area (Å²) < 4.78 is 8.08. The van der Waals surface area contributed by atoms with Crippen molar-refractivity contribution in [1.29, 1.82) is 0 Å². The highest BCUT2D eigenvalue weighted by Gasteiger charge is 2.33. The van der Waals surface area contributed by atoms with Crippen LogP contribution in [0.3, 0.4) is 0 Å². The molecule has 0 bridgehead atoms. The van der Waals surface area contributed by atoms with Crippen LogP contribution in [0.2, 0.25) is 0 Å². The molecule has 0 spiro atoms. The van der Waals surface area contributed by atoms with Crippen LogP contribution in [0.4, 0.5) is 0 Å². The molecule has 40 heavy (non-hydrogen) atoms. The van der Waals surface area contributed by atoms with Gasteiger partial charge < -0.3 is 4.57 Å². The van der Waals surface area contributed by atoms with Crippen LogP contribution in [-0.4, -0.2) is 43.9 Å². The Morgan fingerprint density at radius 3 is 2.40 bits per heavy atom. The van der Waals surface area contributed by atoms with Gasteiger partial charge in [-0.25, -0.2) is 14.6 Å². The van der Waals surface area contributed by atoms with Crippen LogP contribution < -0.4 is 0 Å². The molecule has 0 unspecified atom stereocenters. The predicted molar refractivity (Wildman–Crippen MR) is 156 cm³/mol. The Labute approximate surface area is 232 Å². The molecule has 5 heterocycles. The van der Waals surface area contributed by atoms with E-state index in [2.05, 4.69) is 67.1 Å². The van der Waals surface area contributed by atoms with Gasteiger partial charge in [-0.1, -0.05) is 26.0 Å². The van der Waals surface area contributed by atoms with Crippen molar-refractivity contribution < 1.29 is 0 Å². The fourth-order valence-corrected chi connectivity index (χ4v) is 6.19. The van der Waals surface area contributed by atoms with Crippen molar-refractivity contribution in [3.05, 3.63) is 59.8 Å². The minimum atomic E-state index is 0.242. The average Bonchev–Trinajstić information content (AvgIpc) is 3.79. The molecule has 0 radical (unpaired) electrons. The Morgan fingerprint density at radius 2 is 1.65 bits per heavy atom. The van der Waals surface area contributed by atoms with Gasteiger partial charge in [0.15, 0.2) is 11.5 Å². The van der Waals surface area contributed by atoms with E-state index in [1.165, 1.54) is 37.1 Å². The smallest absolute Gasteiger partial charge is 0.181 e. The zero-order valence-electron chi connectivity index (χ0n) is 23.6. The lowest BCUT2D eigenvalue weighted by Gasteiger charge is -2.12. The number of hydrogen-bond donors (Lipinski definition) is 0. The van der Waals surface area contributed by atoms with Crippen LogP contribution in [0.5, 0.6) is 0 Å². The summed E-state index contributed by atoms with van der Waals surface area (Å²) in [6, 6.07) is 10.8. The first kappa shape index (κ1) is 23.6. The first-order valence-electron chi connectivity index (χ1n) is 14.3. The van der Waals surface area contributed by atoms with E-state index in [1.54, 1.807) is 0 Å². The van der Waals surface area contributed by atoms with Gasteiger partial charge in [-0.15, -0.1) is 0 Å². The highest BCUT2D eigenvalue weighted by molar-refractivity contribution is 5.95. The summed E-state index contributed by atoms with van der Waals surface area (Å²) in [5, 5.41) is 16.4. The van der Waals surface area contributed by atoms with Gasteiger partial charge in [0.05, 0.1) is 16.9 Å². The number of nitrogens with zero attached hydrogens (tertiary/aromatic N) is 9. The Bertz CT molecular complexity index is 1940. The van der Waals surface area contributed by atoms with Gasteiger partial charge in [0.1, 0.15) is 5.82 Å². The highest BCUT2D eigenvalue weighted by Crippen LogP contribution is 2.47. The van der Waals surface area contributed by atoms with E-state index >= 15 is 0 Å². The zero-order chi connectivity index (χ0) is 27.3. The Morgan fingerprint density at radius 1 is 0.850 bits per heavy atom. The van der Waals surface area contributed by atoms with E-state index in [-0.39, 0.29) is 5.92 Å². The maximum Gasteiger partial charge on any atom is 0.181 e. The fraction of sp³-hybridized carbons (Fsp3) is 0.387. The summed E-state index contributed by atoms with van der Waals surface area (Å²) in [5.41, 5.74) is 8.59. The normalized spacial score (nSPS) is 15.8. The second kappa shape index (κ2) is 8.36. The molecule has 9 nitrogen and oxygen atoms in total. The van der Waals surface area contributed by atoms with Crippen molar-refractivity contribution in [2.24, 2.45) is 21.1 Å². The third kappa shape index (κ3) is 3.63. The van der Waals surface area contributed by atoms with Crippen molar-refractivity contribution in [3.8, 4) is 28.5 Å². The molecule has 2 saturated carbocycles. The number of aromatic nitrogens is 9. The van der Waals surface area contributed by atoms with Crippen LogP contribution >= 0.6 is 0 Å². The van der Waals surface area contributed by atoms with Crippen LogP contribution in [0.25, 0.3) is 50.4 Å². The Hall–Kier alpha value is -4.27. The number of aryl methyl sites for hydroxylation is 2. The van der Waals surface area contributed by atoms with E-state index in [1.807, 2.05) is 34.3 Å². The van der Waals surface area contributed by atoms with Crippen molar-refractivity contribution >= 4 is 21.9 Å². The van der Waals surface area contributed by atoms with Gasteiger partial charge in [-0.2, -0.15) is 15.3 Å². The Balaban J connectivity index is 1.31. The number of imidazole rings is 1. The molecule has 0 aliphatic heterocycles. The van der Waals surface area contributed by atoms with E-state index in [0.717, 1.165) is 56.1 Å². The third-order valence-corrected chi connectivity index (χ3v) is 8.47. The SMILES string of the molecule is CC(C)c1nc2nn(C)cc2cc1-c1nc(-c2cccc3nn(-c4cc(C5CC5)n(C)n4)cc23)c(C2CC2)n1C. The quantitative estimate of drug-likeness (QED) is 0.264. The van der Waals surface area contributed by atoms with Gasteiger partial charge in [-0.3, -0.25) is 9.36 Å². The minimum Gasteiger partial charge on any atom is -0.330 e. The van der Waals surface area contributed by atoms with Crippen LogP contribution in [0.15, 0.2) is 42.7 Å². The van der Waals surface area contributed by atoms with E-state index in [0.29, 0.717) is 11.8 Å². The summed E-state index contributed by atoms with van der Waals surface area (Å²) >= 11 is 0. The van der Waals surface area contributed by atoms with Crippen LogP contribution in [0.1, 0.15) is 74.4 Å². The standard InChI is InChI=1S/C31H33N9/c1-17(2)27-22(13-20-15-37(3)36-30(20)32-27)31-33-28(29(38(31)4)19-11-12-19)21-7-6-8-24-23(21)16-40(34-24)26-14-25(18-9-10-18)39(5)35-26/h6-8,13-19H,9-12H2,1-5H3. The van der Waals surface area contributed by atoms with E-state index in [4.69, 9.17) is 20.2 Å². The van der Waals surface area contributed by atoms with Crippen molar-refractivity contribution in [1.82, 2.24) is 43.9 Å². The predicted octanol–water partition coefficient (Wildman–Crippen LogP) is 5.99. The fourth-order valence-electron chi connectivity index (χ4n) is 6.19. The minimum absolute atomic E-state index is 0.242. The summed E-state index contributed by atoms with van der Waals surface area (Å²) in [6.07, 6.45) is 9.03. The van der Waals surface area contributed by atoms with E-state index in [9.17, 15) is 0 Å². The molecule has 2 fully saturated rings. The second-order valence-corrected chi connectivity index (χ2v) is 11.9. The summed E-state index contributed by atoms with van der Waals surface area (Å²) in [6.45, 7) is 4.38. The average molecular weight is 532 g/mol. The molecule has 202 valence electrons. The molecular weight excluding hydrogens is 498 g/mol. The lowest BCUT2D eigenvalue weighted by atomic mass is 10.0. The second-order valence-electron chi connectivity index (χ2n) is 11.9. The van der Waals surface area contributed by atoms with Crippen molar-refractivity contribution in [2.75, 3.05) is 0 Å². The number of hydrogen-bond acceptors (Lipinski definition) is 5. The van der Waals surface area contributed by atoms with Crippen LogP contribution in [-0.2, 0) is 21.1 Å². The van der Waals surface area contributed by atoms with Gasteiger partial charge in [-0.05, 0) is 43.7 Å². The molecule has 0 amide bonds. The molecular formula is C31H33N9. The van der Waals surface area contributed by atoms with Gasteiger partial charge in [0, 0.05) is 84.7 Å². The summed E-state index contributed by atoms with van der Waals surface area (Å²) in [7, 11) is 6.14. The first-order chi connectivity index (χ1) is 19.4. The summed E-state index contributed by atoms with van der Waals surface area (Å²) in [4.78, 5) is 10.4. The highest BCUT2D eigenvalue weighted by atomic mass is 15.4. The molecule has 0 saturated heterocycles. The lowest BCUT2D eigenvalue weighted by molar-refractivity contribution is 0.696. The zero-order valence-corrected chi connectivity index (χ0v) is 23.6. The largest absolute Gasteiger partial charge is 0.330 e. The van der Waals surface area contributed by atoms with Gasteiger partial charge >= 0.3 is 0 Å². The van der Waals surface area contributed by atoms with Gasteiger partial charge in [0.25, 0.3) is 0 Å².